The molecule has 0 spiro atoms. The van der Waals surface area contributed by atoms with Crippen molar-refractivity contribution >= 4 is 37.3 Å². The van der Waals surface area contributed by atoms with Crippen molar-refractivity contribution in [1.82, 2.24) is 4.31 Å². The number of hydrogen-bond donors (Lipinski definition) is 1. The van der Waals surface area contributed by atoms with Gasteiger partial charge in [-0.15, -0.1) is 11.3 Å². The molecule has 1 atom stereocenters. The van der Waals surface area contributed by atoms with Gasteiger partial charge >= 0.3 is 0 Å². The highest BCUT2D eigenvalue weighted by Gasteiger charge is 2.31. The molecule has 0 saturated carbocycles. The van der Waals surface area contributed by atoms with Crippen molar-refractivity contribution in [3.05, 3.63) is 14.7 Å². The lowest BCUT2D eigenvalue weighted by atomic mass is 9.96. The molecule has 1 aromatic heterocycles. The van der Waals surface area contributed by atoms with Gasteiger partial charge in [0.05, 0.1) is 8.68 Å². The van der Waals surface area contributed by atoms with Crippen LogP contribution in [0.1, 0.15) is 24.1 Å². The highest BCUT2D eigenvalue weighted by Crippen LogP contribution is 2.33. The minimum atomic E-state index is -3.35. The lowest BCUT2D eigenvalue weighted by Gasteiger charge is -2.31. The standard InChI is InChI=1S/C12H19BrN2O2S2/c1-9-11(7-12(13)18-9)19(16,17)15-6-2-3-10(8-15)4-5-14/h7,10H,2-6,8,14H2,1H3. The number of rotatable bonds is 4. The topological polar surface area (TPSA) is 63.4 Å². The number of nitrogens with zero attached hydrogens (tertiary/aromatic N) is 1. The predicted octanol–water partition coefficient (Wildman–Crippen LogP) is 2.57. The van der Waals surface area contributed by atoms with Crippen LogP contribution in [0, 0.1) is 12.8 Å². The average molecular weight is 367 g/mol. The SMILES string of the molecule is Cc1sc(Br)cc1S(=O)(=O)N1CCCC(CCN)C1. The molecule has 19 heavy (non-hydrogen) atoms. The van der Waals surface area contributed by atoms with E-state index in [9.17, 15) is 8.42 Å². The fourth-order valence-corrected chi connectivity index (χ4v) is 6.48. The lowest BCUT2D eigenvalue weighted by molar-refractivity contribution is 0.258. The molecule has 2 N–H and O–H groups in total. The molecule has 7 heteroatoms. The van der Waals surface area contributed by atoms with E-state index >= 15 is 0 Å². The van der Waals surface area contributed by atoms with Crippen molar-refractivity contribution in [2.24, 2.45) is 11.7 Å². The average Bonchev–Trinajstić information content (AvgIpc) is 2.70. The number of piperidine rings is 1. The van der Waals surface area contributed by atoms with E-state index in [1.807, 2.05) is 6.92 Å². The molecule has 0 radical (unpaired) electrons. The maximum atomic E-state index is 12.7. The molecule has 1 fully saturated rings. The number of sulfonamides is 1. The summed E-state index contributed by atoms with van der Waals surface area (Å²) in [6.45, 7) is 3.70. The summed E-state index contributed by atoms with van der Waals surface area (Å²) in [5, 5.41) is 0. The molecule has 1 aliphatic heterocycles. The van der Waals surface area contributed by atoms with Crippen LogP contribution in [-0.4, -0.2) is 32.4 Å². The van der Waals surface area contributed by atoms with Gasteiger partial charge in [0.2, 0.25) is 10.0 Å². The number of nitrogens with two attached hydrogens (primary N) is 1. The van der Waals surface area contributed by atoms with Crippen LogP contribution in [0.25, 0.3) is 0 Å². The molecular formula is C12H19BrN2O2S2. The van der Waals surface area contributed by atoms with Gasteiger partial charge < -0.3 is 5.73 Å². The molecule has 0 aromatic carbocycles. The Bertz CT molecular complexity index is 540. The fraction of sp³-hybridized carbons (Fsp3) is 0.667. The number of halogens is 1. The minimum Gasteiger partial charge on any atom is -0.330 e. The highest BCUT2D eigenvalue weighted by atomic mass is 79.9. The van der Waals surface area contributed by atoms with Crippen LogP contribution in [0.15, 0.2) is 14.7 Å². The van der Waals surface area contributed by atoms with Crippen molar-refractivity contribution in [3.8, 4) is 0 Å². The van der Waals surface area contributed by atoms with Crippen LogP contribution < -0.4 is 5.73 Å². The van der Waals surface area contributed by atoms with Gasteiger partial charge in [-0.1, -0.05) is 0 Å². The quantitative estimate of drug-likeness (QED) is 0.890. The van der Waals surface area contributed by atoms with Gasteiger partial charge in [-0.05, 0) is 60.6 Å². The van der Waals surface area contributed by atoms with Crippen LogP contribution in [0.5, 0.6) is 0 Å². The summed E-state index contributed by atoms with van der Waals surface area (Å²) in [6.07, 6.45) is 2.90. The number of aryl methyl sites for hydroxylation is 1. The van der Waals surface area contributed by atoms with Gasteiger partial charge in [0, 0.05) is 18.0 Å². The van der Waals surface area contributed by atoms with E-state index < -0.39 is 10.0 Å². The zero-order valence-electron chi connectivity index (χ0n) is 10.9. The van der Waals surface area contributed by atoms with Crippen LogP contribution in [0.4, 0.5) is 0 Å². The van der Waals surface area contributed by atoms with Crippen LogP contribution in [-0.2, 0) is 10.0 Å². The van der Waals surface area contributed by atoms with Gasteiger partial charge in [-0.25, -0.2) is 8.42 Å². The fourth-order valence-electron chi connectivity index (χ4n) is 2.54. The Balaban J connectivity index is 2.22. The molecule has 0 aliphatic carbocycles. The predicted molar refractivity (Wildman–Crippen MR) is 81.9 cm³/mol. The molecule has 0 amide bonds. The molecule has 2 heterocycles. The molecular weight excluding hydrogens is 348 g/mol. The molecule has 1 aromatic rings. The van der Waals surface area contributed by atoms with E-state index in [4.69, 9.17) is 5.73 Å². The summed E-state index contributed by atoms with van der Waals surface area (Å²) in [4.78, 5) is 1.28. The van der Waals surface area contributed by atoms with Crippen molar-refractivity contribution in [2.75, 3.05) is 19.6 Å². The van der Waals surface area contributed by atoms with Gasteiger partial charge in [0.1, 0.15) is 0 Å². The first-order valence-electron chi connectivity index (χ1n) is 6.41. The molecule has 2 rings (SSSR count). The second-order valence-corrected chi connectivity index (χ2v) is 9.46. The zero-order chi connectivity index (χ0) is 14.0. The first-order chi connectivity index (χ1) is 8.95. The molecule has 0 bridgehead atoms. The first kappa shape index (κ1) is 15.4. The number of thiophene rings is 1. The normalized spacial score (nSPS) is 21.7. The van der Waals surface area contributed by atoms with Gasteiger partial charge in [-0.2, -0.15) is 4.31 Å². The Hall–Kier alpha value is 0.0500. The lowest BCUT2D eigenvalue weighted by Crippen LogP contribution is -2.40. The second kappa shape index (κ2) is 6.22. The molecule has 1 aliphatic rings. The zero-order valence-corrected chi connectivity index (χ0v) is 14.2. The third-order valence-electron chi connectivity index (χ3n) is 3.52. The molecule has 1 unspecified atom stereocenters. The highest BCUT2D eigenvalue weighted by molar-refractivity contribution is 9.11. The van der Waals surface area contributed by atoms with Crippen molar-refractivity contribution in [3.63, 3.8) is 0 Å². The summed E-state index contributed by atoms with van der Waals surface area (Å²) < 4.78 is 27.8. The van der Waals surface area contributed by atoms with E-state index in [1.54, 1.807) is 10.4 Å². The third-order valence-corrected chi connectivity index (χ3v) is 7.19. The number of hydrogen-bond acceptors (Lipinski definition) is 4. The maximum Gasteiger partial charge on any atom is 0.244 e. The summed E-state index contributed by atoms with van der Waals surface area (Å²) in [7, 11) is -3.35. The van der Waals surface area contributed by atoms with E-state index in [2.05, 4.69) is 15.9 Å². The minimum absolute atomic E-state index is 0.399. The summed E-state index contributed by atoms with van der Waals surface area (Å²) in [6, 6.07) is 1.71. The summed E-state index contributed by atoms with van der Waals surface area (Å²) in [5.41, 5.74) is 5.58. The Kier molecular flexibility index (Phi) is 5.05. The van der Waals surface area contributed by atoms with E-state index in [-0.39, 0.29) is 0 Å². The smallest absolute Gasteiger partial charge is 0.244 e. The van der Waals surface area contributed by atoms with E-state index in [0.29, 0.717) is 30.4 Å². The monoisotopic (exact) mass is 366 g/mol. The Morgan fingerprint density at radius 2 is 2.32 bits per heavy atom. The Morgan fingerprint density at radius 3 is 2.89 bits per heavy atom. The van der Waals surface area contributed by atoms with Crippen molar-refractivity contribution in [1.29, 1.82) is 0 Å². The van der Waals surface area contributed by atoms with Crippen LogP contribution in [0.3, 0.4) is 0 Å². The van der Waals surface area contributed by atoms with Crippen LogP contribution >= 0.6 is 27.3 Å². The Morgan fingerprint density at radius 1 is 1.58 bits per heavy atom. The third kappa shape index (κ3) is 3.39. The van der Waals surface area contributed by atoms with E-state index in [0.717, 1.165) is 27.9 Å². The van der Waals surface area contributed by atoms with Crippen molar-refractivity contribution in [2.45, 2.75) is 31.1 Å². The second-order valence-electron chi connectivity index (χ2n) is 4.92. The maximum absolute atomic E-state index is 12.7. The van der Waals surface area contributed by atoms with Gasteiger partial charge in [-0.3, -0.25) is 0 Å². The largest absolute Gasteiger partial charge is 0.330 e. The summed E-state index contributed by atoms with van der Waals surface area (Å²) in [5.74, 6) is 0.399. The summed E-state index contributed by atoms with van der Waals surface area (Å²) >= 11 is 4.82. The molecule has 4 nitrogen and oxygen atoms in total. The Labute approximate surface area is 127 Å². The first-order valence-corrected chi connectivity index (χ1v) is 9.46. The van der Waals surface area contributed by atoms with E-state index in [1.165, 1.54) is 11.3 Å². The molecule has 1 saturated heterocycles. The van der Waals surface area contributed by atoms with Gasteiger partial charge in [0.25, 0.3) is 0 Å². The van der Waals surface area contributed by atoms with Gasteiger partial charge in [0.15, 0.2) is 0 Å². The molecule has 108 valence electrons. The van der Waals surface area contributed by atoms with Crippen LogP contribution in [0.2, 0.25) is 0 Å². The van der Waals surface area contributed by atoms with Crippen molar-refractivity contribution < 1.29 is 8.42 Å².